The van der Waals surface area contributed by atoms with Gasteiger partial charge in [-0.25, -0.2) is 4.79 Å². The predicted octanol–water partition coefficient (Wildman–Crippen LogP) is 0.669. The minimum atomic E-state index is -1.22. The van der Waals surface area contributed by atoms with Crippen molar-refractivity contribution < 1.29 is 24.2 Å². The summed E-state index contributed by atoms with van der Waals surface area (Å²) in [4.78, 5) is 49.5. The second-order valence-corrected chi connectivity index (χ2v) is 8.77. The van der Waals surface area contributed by atoms with Gasteiger partial charge in [0.2, 0.25) is 0 Å². The summed E-state index contributed by atoms with van der Waals surface area (Å²) in [6, 6.07) is 1.17. The molecular weight excluding hydrogens is 388 g/mol. The molecule has 2 heterocycles. The first-order chi connectivity index (χ1) is 13.1. The van der Waals surface area contributed by atoms with Gasteiger partial charge in [0.05, 0.1) is 11.2 Å². The maximum atomic E-state index is 12.1. The van der Waals surface area contributed by atoms with Gasteiger partial charge in [0.15, 0.2) is 0 Å². The van der Waals surface area contributed by atoms with Gasteiger partial charge >= 0.3 is 17.6 Å². The number of nitrogens with one attached hydrogen (secondary N) is 1. The zero-order chi connectivity index (χ0) is 21.0. The van der Waals surface area contributed by atoms with Gasteiger partial charge in [-0.15, -0.1) is 11.8 Å². The van der Waals surface area contributed by atoms with Crippen molar-refractivity contribution in [1.29, 1.82) is 0 Å². The Bertz CT molecular complexity index is 817. The number of carbonyl (C=O) groups excluding carboxylic acids is 2. The standard InChI is InChI=1S/C18H26N2O7S/c1-9(2)7-13(22)27-15-11(8-26-17(24)10(3)4)28-16(14(15)23)20-6-5-12(21)19-18(20)25/h5-6,9-11,14-16,23H,7-8H2,1-4H3,(H,19,21,25). The summed E-state index contributed by atoms with van der Waals surface area (Å²) in [6.07, 6.45) is -0.722. The molecule has 4 atom stereocenters. The number of nitrogens with zero attached hydrogens (tertiary/aromatic N) is 1. The highest BCUT2D eigenvalue weighted by Gasteiger charge is 2.47. The molecule has 4 unspecified atom stereocenters. The predicted molar refractivity (Wildman–Crippen MR) is 103 cm³/mol. The van der Waals surface area contributed by atoms with Crippen molar-refractivity contribution in [3.8, 4) is 0 Å². The molecular formula is C18H26N2O7S. The van der Waals surface area contributed by atoms with Crippen LogP contribution in [0.1, 0.15) is 39.5 Å². The van der Waals surface area contributed by atoms with E-state index in [-0.39, 0.29) is 24.9 Å². The van der Waals surface area contributed by atoms with Crippen molar-refractivity contribution >= 4 is 23.7 Å². The smallest absolute Gasteiger partial charge is 0.329 e. The van der Waals surface area contributed by atoms with E-state index in [4.69, 9.17) is 9.47 Å². The van der Waals surface area contributed by atoms with E-state index in [0.717, 1.165) is 11.8 Å². The summed E-state index contributed by atoms with van der Waals surface area (Å²) >= 11 is 1.15. The SMILES string of the molecule is CC(C)CC(=O)OC1C(COC(=O)C(C)C)SC(n2ccc(=O)[nH]c2=O)C1O. The number of aromatic nitrogens is 2. The molecule has 1 aliphatic rings. The number of carbonyl (C=O) groups is 2. The maximum absolute atomic E-state index is 12.1. The number of aromatic amines is 1. The fraction of sp³-hybridized carbons (Fsp3) is 0.667. The highest BCUT2D eigenvalue weighted by atomic mass is 32.2. The second kappa shape index (κ2) is 9.42. The van der Waals surface area contributed by atoms with E-state index < -0.39 is 46.0 Å². The Morgan fingerprint density at radius 3 is 2.54 bits per heavy atom. The molecule has 0 amide bonds. The number of aliphatic hydroxyl groups is 1. The van der Waals surface area contributed by atoms with Crippen molar-refractivity contribution in [3.05, 3.63) is 33.1 Å². The molecule has 0 saturated carbocycles. The van der Waals surface area contributed by atoms with Gasteiger partial charge < -0.3 is 14.6 Å². The normalized spacial score (nSPS) is 24.5. The Labute approximate surface area is 166 Å². The Morgan fingerprint density at radius 1 is 1.29 bits per heavy atom. The average Bonchev–Trinajstić information content (AvgIpc) is 2.88. The summed E-state index contributed by atoms with van der Waals surface area (Å²) in [5, 5.41) is 9.37. The number of hydrogen-bond acceptors (Lipinski definition) is 8. The van der Waals surface area contributed by atoms with Crippen LogP contribution in [0.2, 0.25) is 0 Å². The average molecular weight is 414 g/mol. The van der Waals surface area contributed by atoms with E-state index in [1.807, 2.05) is 13.8 Å². The molecule has 1 aromatic rings. The third kappa shape index (κ3) is 5.48. The molecule has 1 aliphatic heterocycles. The summed E-state index contributed by atoms with van der Waals surface area (Å²) < 4.78 is 11.9. The number of aliphatic hydroxyl groups excluding tert-OH is 1. The van der Waals surface area contributed by atoms with Crippen LogP contribution in [0.4, 0.5) is 0 Å². The quantitative estimate of drug-likeness (QED) is 0.623. The van der Waals surface area contributed by atoms with E-state index in [1.165, 1.54) is 16.8 Å². The van der Waals surface area contributed by atoms with Crippen molar-refractivity contribution in [2.75, 3.05) is 6.61 Å². The summed E-state index contributed by atoms with van der Waals surface area (Å²) in [6.45, 7) is 7.05. The van der Waals surface area contributed by atoms with Crippen LogP contribution in [0, 0.1) is 11.8 Å². The fourth-order valence-corrected chi connectivity index (χ4v) is 4.21. The highest BCUT2D eigenvalue weighted by molar-refractivity contribution is 8.00. The largest absolute Gasteiger partial charge is 0.464 e. The molecule has 2 N–H and O–H groups in total. The summed E-state index contributed by atoms with van der Waals surface area (Å²) in [5.74, 6) is -1.13. The van der Waals surface area contributed by atoms with Crippen molar-refractivity contribution in [2.24, 2.45) is 11.8 Å². The molecule has 2 rings (SSSR count). The van der Waals surface area contributed by atoms with E-state index in [9.17, 15) is 24.3 Å². The molecule has 28 heavy (non-hydrogen) atoms. The van der Waals surface area contributed by atoms with Gasteiger partial charge in [-0.2, -0.15) is 0 Å². The molecule has 156 valence electrons. The molecule has 1 aromatic heterocycles. The molecule has 0 aromatic carbocycles. The zero-order valence-corrected chi connectivity index (χ0v) is 17.1. The Kier molecular flexibility index (Phi) is 7.48. The van der Waals surface area contributed by atoms with E-state index in [1.54, 1.807) is 13.8 Å². The number of esters is 2. The monoisotopic (exact) mass is 414 g/mol. The lowest BCUT2D eigenvalue weighted by atomic mass is 10.1. The molecule has 10 heteroatoms. The lowest BCUT2D eigenvalue weighted by molar-refractivity contribution is -0.157. The van der Waals surface area contributed by atoms with Crippen molar-refractivity contribution in [3.63, 3.8) is 0 Å². The van der Waals surface area contributed by atoms with Gasteiger partial charge in [-0.3, -0.25) is 23.9 Å². The van der Waals surface area contributed by atoms with Crippen LogP contribution in [0.15, 0.2) is 21.9 Å². The van der Waals surface area contributed by atoms with E-state index in [0.29, 0.717) is 0 Å². The third-order valence-corrected chi connectivity index (χ3v) is 5.68. The van der Waals surface area contributed by atoms with Crippen molar-refractivity contribution in [1.82, 2.24) is 9.55 Å². The van der Waals surface area contributed by atoms with Crippen LogP contribution < -0.4 is 11.2 Å². The molecule has 9 nitrogen and oxygen atoms in total. The van der Waals surface area contributed by atoms with Crippen LogP contribution in [-0.4, -0.2) is 50.7 Å². The van der Waals surface area contributed by atoms with E-state index >= 15 is 0 Å². The number of rotatable bonds is 7. The summed E-state index contributed by atoms with van der Waals surface area (Å²) in [5.41, 5.74) is -1.24. The van der Waals surface area contributed by atoms with Gasteiger partial charge in [-0.1, -0.05) is 27.7 Å². The van der Waals surface area contributed by atoms with Crippen LogP contribution in [0.3, 0.4) is 0 Å². The molecule has 1 saturated heterocycles. The fourth-order valence-electron chi connectivity index (χ4n) is 2.72. The molecule has 0 aliphatic carbocycles. The first-order valence-electron chi connectivity index (χ1n) is 9.11. The van der Waals surface area contributed by atoms with Gasteiger partial charge in [0, 0.05) is 18.7 Å². The van der Waals surface area contributed by atoms with E-state index in [2.05, 4.69) is 4.98 Å². The Hall–Kier alpha value is -2.07. The Morgan fingerprint density at radius 2 is 1.96 bits per heavy atom. The Balaban J connectivity index is 2.23. The molecule has 0 bridgehead atoms. The minimum absolute atomic E-state index is 0.0764. The first-order valence-corrected chi connectivity index (χ1v) is 10.1. The topological polar surface area (TPSA) is 128 Å². The zero-order valence-electron chi connectivity index (χ0n) is 16.3. The highest BCUT2D eigenvalue weighted by Crippen LogP contribution is 2.43. The van der Waals surface area contributed by atoms with Gasteiger partial charge in [-0.05, 0) is 5.92 Å². The number of ether oxygens (including phenoxy) is 2. The maximum Gasteiger partial charge on any atom is 0.329 e. The third-order valence-electron chi connectivity index (χ3n) is 4.14. The number of H-pyrrole nitrogens is 1. The van der Waals surface area contributed by atoms with Crippen LogP contribution >= 0.6 is 11.8 Å². The van der Waals surface area contributed by atoms with Gasteiger partial charge in [0.1, 0.15) is 24.2 Å². The lowest BCUT2D eigenvalue weighted by Crippen LogP contribution is -2.40. The summed E-state index contributed by atoms with van der Waals surface area (Å²) in [7, 11) is 0. The molecule has 1 fully saturated rings. The van der Waals surface area contributed by atoms with Crippen molar-refractivity contribution in [2.45, 2.75) is 56.9 Å². The molecule has 0 radical (unpaired) electrons. The van der Waals surface area contributed by atoms with Crippen LogP contribution in [-0.2, 0) is 19.1 Å². The minimum Gasteiger partial charge on any atom is -0.464 e. The second-order valence-electron chi connectivity index (χ2n) is 7.41. The number of hydrogen-bond donors (Lipinski definition) is 2. The van der Waals surface area contributed by atoms with Crippen LogP contribution in [0.5, 0.6) is 0 Å². The lowest BCUT2D eigenvalue weighted by Gasteiger charge is -2.23. The van der Waals surface area contributed by atoms with Crippen LogP contribution in [0.25, 0.3) is 0 Å². The first kappa shape index (κ1) is 22.2. The molecule has 0 spiro atoms. The van der Waals surface area contributed by atoms with Gasteiger partial charge in [0.25, 0.3) is 5.56 Å². The number of thioether (sulfide) groups is 1.